The molecule has 2 aliphatic heterocycles. The maximum absolute atomic E-state index is 13.1. The molecule has 5 nitrogen and oxygen atoms in total. The Morgan fingerprint density at radius 2 is 2.10 bits per heavy atom. The number of furan rings is 1. The van der Waals surface area contributed by atoms with Gasteiger partial charge in [-0.05, 0) is 54.5 Å². The Morgan fingerprint density at radius 1 is 1.21 bits per heavy atom. The summed E-state index contributed by atoms with van der Waals surface area (Å²) in [5.74, 6) is 2.48. The van der Waals surface area contributed by atoms with Gasteiger partial charge in [-0.25, -0.2) is 0 Å². The van der Waals surface area contributed by atoms with Crippen molar-refractivity contribution in [2.24, 2.45) is 0 Å². The van der Waals surface area contributed by atoms with Gasteiger partial charge in [0.1, 0.15) is 24.0 Å². The Labute approximate surface area is 176 Å². The highest BCUT2D eigenvalue weighted by Crippen LogP contribution is 2.44. The predicted octanol–water partition coefficient (Wildman–Crippen LogP) is 5.32. The molecule has 0 amide bonds. The van der Waals surface area contributed by atoms with Gasteiger partial charge in [0.15, 0.2) is 5.76 Å². The van der Waals surface area contributed by atoms with Crippen molar-refractivity contribution in [1.29, 1.82) is 0 Å². The van der Waals surface area contributed by atoms with E-state index in [0.717, 1.165) is 32.7 Å². The monoisotopic (exact) mass is 451 g/mol. The molecule has 0 spiro atoms. The second-order valence-electron chi connectivity index (χ2n) is 7.21. The molecule has 3 heterocycles. The van der Waals surface area contributed by atoms with Crippen LogP contribution in [0.15, 0.2) is 63.4 Å². The lowest BCUT2D eigenvalue weighted by molar-refractivity contribution is 0.0809. The minimum Gasteiger partial charge on any atom is -0.478 e. The summed E-state index contributed by atoms with van der Waals surface area (Å²) in [6.07, 6.45) is 3.44. The Hall–Kier alpha value is -2.83. The highest BCUT2D eigenvalue weighted by atomic mass is 79.9. The summed E-state index contributed by atoms with van der Waals surface area (Å²) < 4.78 is 18.5. The summed E-state index contributed by atoms with van der Waals surface area (Å²) in [4.78, 5) is 15.2. The minimum absolute atomic E-state index is 0.0940. The number of halogens is 1. The average Bonchev–Trinajstić information content (AvgIpc) is 3.31. The zero-order chi connectivity index (χ0) is 20.0. The highest BCUT2D eigenvalue weighted by Gasteiger charge is 2.35. The van der Waals surface area contributed by atoms with Crippen molar-refractivity contribution in [2.45, 2.75) is 20.0 Å². The lowest BCUT2D eigenvalue weighted by Gasteiger charge is -2.29. The van der Waals surface area contributed by atoms with Crippen LogP contribution in [0.5, 0.6) is 11.5 Å². The first-order valence-corrected chi connectivity index (χ1v) is 10.1. The van der Waals surface area contributed by atoms with E-state index in [2.05, 4.69) is 20.8 Å². The van der Waals surface area contributed by atoms with Crippen molar-refractivity contribution in [1.82, 2.24) is 4.90 Å². The van der Waals surface area contributed by atoms with Crippen LogP contribution < -0.4 is 9.47 Å². The van der Waals surface area contributed by atoms with E-state index < -0.39 is 0 Å². The van der Waals surface area contributed by atoms with Gasteiger partial charge >= 0.3 is 0 Å². The number of aryl methyl sites for hydroxylation is 1. The van der Waals surface area contributed by atoms with Crippen LogP contribution in [-0.4, -0.2) is 17.4 Å². The number of nitrogens with zero attached hydrogens (tertiary/aromatic N) is 1. The van der Waals surface area contributed by atoms with Crippen molar-refractivity contribution in [3.05, 3.63) is 87.0 Å². The first kappa shape index (κ1) is 18.2. The van der Waals surface area contributed by atoms with Gasteiger partial charge in [-0.2, -0.15) is 0 Å². The number of benzene rings is 2. The number of rotatable bonds is 3. The number of fused-ring (bicyclic) bond motifs is 3. The van der Waals surface area contributed by atoms with Gasteiger partial charge in [0.05, 0.1) is 23.9 Å². The number of carbonyl (C=O) groups excluding carboxylic acids is 1. The molecule has 2 aliphatic rings. The van der Waals surface area contributed by atoms with Crippen LogP contribution in [0.4, 0.5) is 0 Å². The number of Topliss-reactive ketones (excluding diaryl/α,β-unsaturated/α-hetero) is 1. The topological polar surface area (TPSA) is 51.9 Å². The lowest BCUT2D eigenvalue weighted by atomic mass is 9.98. The number of hydrogen-bond acceptors (Lipinski definition) is 5. The van der Waals surface area contributed by atoms with Crippen LogP contribution in [0, 0.1) is 6.92 Å². The maximum Gasteiger partial charge on any atom is 0.232 e. The largest absolute Gasteiger partial charge is 0.478 e. The average molecular weight is 452 g/mol. The molecule has 0 saturated heterocycles. The number of hydrogen-bond donors (Lipinski definition) is 0. The highest BCUT2D eigenvalue weighted by molar-refractivity contribution is 9.10. The number of ketones is 1. The third kappa shape index (κ3) is 3.39. The Balaban J connectivity index is 1.49. The van der Waals surface area contributed by atoms with Crippen molar-refractivity contribution >= 4 is 27.8 Å². The molecule has 0 saturated carbocycles. The number of carbonyl (C=O) groups is 1. The maximum atomic E-state index is 13.1. The second-order valence-corrected chi connectivity index (χ2v) is 8.12. The predicted molar refractivity (Wildman–Crippen MR) is 112 cm³/mol. The van der Waals surface area contributed by atoms with Crippen LogP contribution in [-0.2, 0) is 13.1 Å². The molecule has 6 heteroatoms. The molecule has 5 rings (SSSR count). The summed E-state index contributed by atoms with van der Waals surface area (Å²) in [5, 5.41) is 0. The van der Waals surface area contributed by atoms with Gasteiger partial charge < -0.3 is 13.9 Å². The lowest BCUT2D eigenvalue weighted by Crippen LogP contribution is -2.31. The van der Waals surface area contributed by atoms with Crippen molar-refractivity contribution in [2.75, 3.05) is 6.73 Å². The van der Waals surface area contributed by atoms with Gasteiger partial charge in [0.2, 0.25) is 5.78 Å². The van der Waals surface area contributed by atoms with Crippen molar-refractivity contribution in [3.8, 4) is 11.5 Å². The van der Waals surface area contributed by atoms with Gasteiger partial charge in [0.25, 0.3) is 0 Å². The summed E-state index contributed by atoms with van der Waals surface area (Å²) >= 11 is 3.46. The van der Waals surface area contributed by atoms with Crippen molar-refractivity contribution in [3.63, 3.8) is 0 Å². The standard InChI is InChI=1S/C23H18BrNO4/c1-14-8-19-18(12-25(13-28-19)11-17-6-3-7-27-17)23-21(14)22(26)20(29-23)10-15-4-2-5-16(24)9-15/h2-10H,11-13H2,1H3/b20-10-. The zero-order valence-corrected chi connectivity index (χ0v) is 17.4. The first-order valence-electron chi connectivity index (χ1n) is 9.32. The quantitative estimate of drug-likeness (QED) is 0.504. The van der Waals surface area contributed by atoms with Crippen molar-refractivity contribution < 1.29 is 18.7 Å². The molecule has 2 aromatic carbocycles. The summed E-state index contributed by atoms with van der Waals surface area (Å²) in [6, 6.07) is 13.5. The van der Waals surface area contributed by atoms with E-state index in [9.17, 15) is 4.79 Å². The van der Waals surface area contributed by atoms with Crippen LogP contribution in [0.1, 0.15) is 32.8 Å². The molecule has 0 radical (unpaired) electrons. The molecular weight excluding hydrogens is 434 g/mol. The summed E-state index contributed by atoms with van der Waals surface area (Å²) in [7, 11) is 0. The smallest absolute Gasteiger partial charge is 0.232 e. The number of allylic oxidation sites excluding steroid dienone is 1. The van der Waals surface area contributed by atoms with Gasteiger partial charge in [0, 0.05) is 11.0 Å². The molecule has 0 aliphatic carbocycles. The SMILES string of the molecule is Cc1cc2c(c3c1C(=O)/C(=C/c1cccc(Br)c1)O3)CN(Cc1ccco1)CO2. The van der Waals surface area contributed by atoms with Crippen LogP contribution in [0.3, 0.4) is 0 Å². The minimum atomic E-state index is -0.0940. The Bertz CT molecular complexity index is 1130. The molecule has 146 valence electrons. The third-order valence-electron chi connectivity index (χ3n) is 5.09. The Kier molecular flexibility index (Phi) is 4.53. The molecule has 3 aromatic rings. The molecule has 0 N–H and O–H groups in total. The van der Waals surface area contributed by atoms with Gasteiger partial charge in [-0.1, -0.05) is 28.1 Å². The van der Waals surface area contributed by atoms with E-state index in [0.29, 0.717) is 36.9 Å². The van der Waals surface area contributed by atoms with Crippen LogP contribution in [0.25, 0.3) is 6.08 Å². The van der Waals surface area contributed by atoms with E-state index in [4.69, 9.17) is 13.9 Å². The fraction of sp³-hybridized carbons (Fsp3) is 0.174. The van der Waals surface area contributed by atoms with Gasteiger partial charge in [-0.15, -0.1) is 0 Å². The number of ether oxygens (including phenoxy) is 2. The van der Waals surface area contributed by atoms with Crippen LogP contribution in [0.2, 0.25) is 0 Å². The normalized spacial score (nSPS) is 17.0. The van der Waals surface area contributed by atoms with Crippen LogP contribution >= 0.6 is 15.9 Å². The van der Waals surface area contributed by atoms with E-state index >= 15 is 0 Å². The van der Waals surface area contributed by atoms with E-state index in [-0.39, 0.29) is 5.78 Å². The molecule has 0 fully saturated rings. The first-order chi connectivity index (χ1) is 14.1. The van der Waals surface area contributed by atoms with E-state index in [1.165, 1.54) is 0 Å². The summed E-state index contributed by atoms with van der Waals surface area (Å²) in [6.45, 7) is 3.63. The molecular formula is C23H18BrNO4. The molecule has 29 heavy (non-hydrogen) atoms. The zero-order valence-electron chi connectivity index (χ0n) is 15.8. The van der Waals surface area contributed by atoms with E-state index in [1.54, 1.807) is 12.3 Å². The van der Waals surface area contributed by atoms with E-state index in [1.807, 2.05) is 49.4 Å². The second kappa shape index (κ2) is 7.21. The molecule has 1 aromatic heterocycles. The third-order valence-corrected chi connectivity index (χ3v) is 5.59. The fourth-order valence-electron chi connectivity index (χ4n) is 3.75. The molecule has 0 unspecified atom stereocenters. The van der Waals surface area contributed by atoms with Gasteiger partial charge in [-0.3, -0.25) is 9.69 Å². The summed E-state index contributed by atoms with van der Waals surface area (Å²) in [5.41, 5.74) is 3.28. The molecule has 0 atom stereocenters. The molecule has 0 bridgehead atoms. The Morgan fingerprint density at radius 3 is 2.90 bits per heavy atom. The fourth-order valence-corrected chi connectivity index (χ4v) is 4.16.